The zero-order valence-electron chi connectivity index (χ0n) is 17.9. The second-order valence-electron chi connectivity index (χ2n) is 8.97. The minimum absolute atomic E-state index is 0.0149. The van der Waals surface area contributed by atoms with Gasteiger partial charge in [0, 0.05) is 26.3 Å². The van der Waals surface area contributed by atoms with Crippen molar-refractivity contribution < 1.29 is 19.1 Å². The fourth-order valence-corrected chi connectivity index (χ4v) is 3.86. The molecule has 1 aromatic rings. The summed E-state index contributed by atoms with van der Waals surface area (Å²) in [5.74, 6) is -0.279. The lowest BCUT2D eigenvalue weighted by molar-refractivity contribution is -0.154. The molecule has 2 rings (SSSR count). The van der Waals surface area contributed by atoms with Gasteiger partial charge in [-0.15, -0.1) is 0 Å². The Kier molecular flexibility index (Phi) is 8.05. The van der Waals surface area contributed by atoms with Crippen LogP contribution in [0.1, 0.15) is 65.9 Å². The van der Waals surface area contributed by atoms with E-state index < -0.39 is 0 Å². The van der Waals surface area contributed by atoms with Crippen molar-refractivity contribution in [2.24, 2.45) is 5.41 Å². The van der Waals surface area contributed by atoms with E-state index in [-0.39, 0.29) is 41.6 Å². The van der Waals surface area contributed by atoms with Gasteiger partial charge in [-0.3, -0.25) is 9.59 Å². The first-order chi connectivity index (χ1) is 13.1. The van der Waals surface area contributed by atoms with Gasteiger partial charge in [0.15, 0.2) is 0 Å². The maximum atomic E-state index is 11.6. The van der Waals surface area contributed by atoms with Crippen LogP contribution in [0.2, 0.25) is 0 Å². The molecule has 4 atom stereocenters. The lowest BCUT2D eigenvalue weighted by atomic mass is 9.81. The van der Waals surface area contributed by atoms with Crippen LogP contribution >= 0.6 is 0 Å². The summed E-state index contributed by atoms with van der Waals surface area (Å²) in [4.78, 5) is 23.2. The monoisotopic (exact) mass is 389 g/mol. The van der Waals surface area contributed by atoms with Crippen molar-refractivity contribution in [1.29, 1.82) is 0 Å². The van der Waals surface area contributed by atoms with E-state index in [1.165, 1.54) is 12.5 Å². The lowest BCUT2D eigenvalue weighted by Crippen LogP contribution is -2.49. The highest BCUT2D eigenvalue weighted by molar-refractivity contribution is 5.73. The second-order valence-corrected chi connectivity index (χ2v) is 8.97. The number of rotatable bonds is 7. The lowest BCUT2D eigenvalue weighted by Gasteiger charge is -2.42. The molecule has 1 saturated heterocycles. The van der Waals surface area contributed by atoms with Crippen molar-refractivity contribution >= 4 is 11.9 Å². The standard InChI is InChI=1S/C23H35NO4/c1-16(25)24-19-13-21(28-22(14-19)23(3,4)5)15-20(27-17(2)26)12-11-18-9-7-6-8-10-18/h6-10,19-22H,11-15H2,1-5H3,(H,24,25)/t19?,20-,21-,22+/m0/s1. The van der Waals surface area contributed by atoms with Crippen LogP contribution in [0.25, 0.3) is 0 Å². The summed E-state index contributed by atoms with van der Waals surface area (Å²) >= 11 is 0. The summed E-state index contributed by atoms with van der Waals surface area (Å²) in [6.07, 6.45) is 3.62. The molecule has 1 amide bonds. The second kappa shape index (κ2) is 10.1. The number of carbonyl (C=O) groups is 2. The topological polar surface area (TPSA) is 64.6 Å². The summed E-state index contributed by atoms with van der Waals surface area (Å²) in [6, 6.07) is 10.3. The Bertz CT molecular complexity index is 638. The summed E-state index contributed by atoms with van der Waals surface area (Å²) in [5.41, 5.74) is 1.21. The molecule has 0 saturated carbocycles. The molecule has 1 fully saturated rings. The Labute approximate surface area is 169 Å². The van der Waals surface area contributed by atoms with Crippen LogP contribution < -0.4 is 5.32 Å². The molecule has 0 aromatic heterocycles. The molecule has 28 heavy (non-hydrogen) atoms. The van der Waals surface area contributed by atoms with Crippen LogP contribution in [0.4, 0.5) is 0 Å². The summed E-state index contributed by atoms with van der Waals surface area (Å²) < 4.78 is 12.0. The predicted molar refractivity (Wildman–Crippen MR) is 110 cm³/mol. The number of carbonyl (C=O) groups excluding carboxylic acids is 2. The highest BCUT2D eigenvalue weighted by Gasteiger charge is 2.37. The van der Waals surface area contributed by atoms with Crippen LogP contribution in [0.5, 0.6) is 0 Å². The van der Waals surface area contributed by atoms with Gasteiger partial charge in [-0.05, 0) is 36.7 Å². The Morgan fingerprint density at radius 1 is 1.18 bits per heavy atom. The molecule has 5 nitrogen and oxygen atoms in total. The molecule has 1 aliphatic heterocycles. The molecule has 1 unspecified atom stereocenters. The van der Waals surface area contributed by atoms with Crippen molar-refractivity contribution in [1.82, 2.24) is 5.32 Å². The fraction of sp³-hybridized carbons (Fsp3) is 0.652. The van der Waals surface area contributed by atoms with Crippen molar-refractivity contribution in [2.45, 2.75) is 91.1 Å². The Hall–Kier alpha value is -1.88. The maximum Gasteiger partial charge on any atom is 0.302 e. The molecule has 5 heteroatoms. The van der Waals surface area contributed by atoms with Gasteiger partial charge in [0.1, 0.15) is 6.10 Å². The van der Waals surface area contributed by atoms with E-state index >= 15 is 0 Å². The number of amides is 1. The Morgan fingerprint density at radius 3 is 2.43 bits per heavy atom. The fourth-order valence-electron chi connectivity index (χ4n) is 3.86. The molecule has 0 spiro atoms. The highest BCUT2D eigenvalue weighted by Crippen LogP contribution is 2.34. The number of hydrogen-bond donors (Lipinski definition) is 1. The number of hydrogen-bond acceptors (Lipinski definition) is 4. The van der Waals surface area contributed by atoms with Crippen LogP contribution in [0, 0.1) is 5.41 Å². The van der Waals surface area contributed by atoms with Gasteiger partial charge >= 0.3 is 5.97 Å². The third-order valence-electron chi connectivity index (χ3n) is 5.23. The number of nitrogens with one attached hydrogen (secondary N) is 1. The molecule has 1 N–H and O–H groups in total. The Morgan fingerprint density at radius 2 is 1.86 bits per heavy atom. The van der Waals surface area contributed by atoms with E-state index in [4.69, 9.17) is 9.47 Å². The largest absolute Gasteiger partial charge is 0.462 e. The zero-order valence-corrected chi connectivity index (χ0v) is 17.9. The molecule has 1 aromatic carbocycles. The van der Waals surface area contributed by atoms with Gasteiger partial charge in [0.25, 0.3) is 0 Å². The van der Waals surface area contributed by atoms with E-state index in [0.717, 1.165) is 25.7 Å². The third kappa shape index (κ3) is 7.63. The average Bonchev–Trinajstić information content (AvgIpc) is 2.58. The van der Waals surface area contributed by atoms with Crippen molar-refractivity contribution in [3.05, 3.63) is 35.9 Å². The summed E-state index contributed by atoms with van der Waals surface area (Å²) in [6.45, 7) is 9.48. The quantitative estimate of drug-likeness (QED) is 0.715. The molecule has 156 valence electrons. The Balaban J connectivity index is 2.04. The molecule has 0 radical (unpaired) electrons. The predicted octanol–water partition coefficient (Wildman–Crippen LogP) is 4.04. The molecule has 0 bridgehead atoms. The van der Waals surface area contributed by atoms with Gasteiger partial charge in [-0.25, -0.2) is 0 Å². The zero-order chi connectivity index (χ0) is 20.7. The van der Waals surface area contributed by atoms with E-state index in [0.29, 0.717) is 6.42 Å². The minimum atomic E-state index is -0.264. The summed E-state index contributed by atoms with van der Waals surface area (Å²) in [7, 11) is 0. The molecule has 1 heterocycles. The van der Waals surface area contributed by atoms with Gasteiger partial charge < -0.3 is 14.8 Å². The van der Waals surface area contributed by atoms with Gasteiger partial charge in [-0.1, -0.05) is 51.1 Å². The van der Waals surface area contributed by atoms with Crippen molar-refractivity contribution in [2.75, 3.05) is 0 Å². The number of aryl methyl sites for hydroxylation is 1. The van der Waals surface area contributed by atoms with E-state index in [1.807, 2.05) is 18.2 Å². The van der Waals surface area contributed by atoms with Gasteiger partial charge in [0.2, 0.25) is 5.91 Å². The molecular formula is C23H35NO4. The van der Waals surface area contributed by atoms with E-state index in [2.05, 4.69) is 38.2 Å². The SMILES string of the molecule is CC(=O)NC1C[C@@H](C[C@H](CCc2ccccc2)OC(C)=O)O[C@@H](C(C)(C)C)C1. The van der Waals surface area contributed by atoms with Crippen LogP contribution in [0.3, 0.4) is 0 Å². The first-order valence-electron chi connectivity index (χ1n) is 10.3. The first-order valence-corrected chi connectivity index (χ1v) is 10.3. The van der Waals surface area contributed by atoms with Crippen molar-refractivity contribution in [3.8, 4) is 0 Å². The smallest absolute Gasteiger partial charge is 0.302 e. The summed E-state index contributed by atoms with van der Waals surface area (Å²) in [5, 5.41) is 3.06. The average molecular weight is 390 g/mol. The molecule has 1 aliphatic rings. The van der Waals surface area contributed by atoms with E-state index in [1.54, 1.807) is 6.92 Å². The van der Waals surface area contributed by atoms with Gasteiger partial charge in [0.05, 0.1) is 12.2 Å². The normalized spacial score (nSPS) is 23.7. The first kappa shape index (κ1) is 22.4. The molecule has 0 aliphatic carbocycles. The maximum absolute atomic E-state index is 11.6. The highest BCUT2D eigenvalue weighted by atomic mass is 16.5. The van der Waals surface area contributed by atoms with Crippen LogP contribution in [0.15, 0.2) is 30.3 Å². The third-order valence-corrected chi connectivity index (χ3v) is 5.23. The van der Waals surface area contributed by atoms with Crippen molar-refractivity contribution in [3.63, 3.8) is 0 Å². The number of ether oxygens (including phenoxy) is 2. The minimum Gasteiger partial charge on any atom is -0.462 e. The van der Waals surface area contributed by atoms with Gasteiger partial charge in [-0.2, -0.15) is 0 Å². The number of benzene rings is 1. The van der Waals surface area contributed by atoms with Crippen LogP contribution in [-0.2, 0) is 25.5 Å². The van der Waals surface area contributed by atoms with E-state index in [9.17, 15) is 9.59 Å². The molecular weight excluding hydrogens is 354 g/mol. The van der Waals surface area contributed by atoms with Crippen LogP contribution in [-0.4, -0.2) is 36.2 Å². The number of esters is 1.